The molecule has 0 aliphatic heterocycles. The van der Waals surface area contributed by atoms with E-state index in [1.807, 2.05) is 59.7 Å². The minimum atomic E-state index is -0.791. The van der Waals surface area contributed by atoms with Gasteiger partial charge in [-0.05, 0) is 78.4 Å². The van der Waals surface area contributed by atoms with E-state index >= 15 is 0 Å². The minimum Gasteiger partial charge on any atom is -0.444 e. The summed E-state index contributed by atoms with van der Waals surface area (Å²) in [6, 6.07) is 4.28. The van der Waals surface area contributed by atoms with Gasteiger partial charge in [-0.15, -0.1) is 0 Å². The van der Waals surface area contributed by atoms with E-state index in [1.165, 1.54) is 0 Å². The van der Waals surface area contributed by atoms with E-state index in [-0.39, 0.29) is 29.8 Å². The van der Waals surface area contributed by atoms with Crippen LogP contribution in [0.2, 0.25) is 0 Å². The number of aryl methyl sites for hydroxylation is 2. The highest BCUT2D eigenvalue weighted by atomic mass is 16.6. The number of rotatable bonds is 9. The van der Waals surface area contributed by atoms with Crippen molar-refractivity contribution in [2.24, 2.45) is 5.92 Å². The zero-order valence-electron chi connectivity index (χ0n) is 22.3. The summed E-state index contributed by atoms with van der Waals surface area (Å²) in [4.78, 5) is 42.0. The topological polar surface area (TPSA) is 87.7 Å². The van der Waals surface area contributed by atoms with E-state index < -0.39 is 23.8 Å². The Balaban J connectivity index is 2.50. The molecule has 0 aromatic heterocycles. The van der Waals surface area contributed by atoms with Gasteiger partial charge in [-0.25, -0.2) is 4.79 Å². The first-order valence-electron chi connectivity index (χ1n) is 12.4. The predicted octanol–water partition coefficient (Wildman–Crippen LogP) is 4.80. The number of hydrogen-bond donors (Lipinski definition) is 2. The van der Waals surface area contributed by atoms with Crippen molar-refractivity contribution in [1.82, 2.24) is 15.5 Å². The largest absolute Gasteiger partial charge is 0.444 e. The molecular formula is C27H43N3O4. The highest BCUT2D eigenvalue weighted by Crippen LogP contribution is 2.37. The minimum absolute atomic E-state index is 0.0388. The molecule has 7 heteroatoms. The number of ether oxygens (including phenoxy) is 1. The summed E-state index contributed by atoms with van der Waals surface area (Å²) in [6.07, 6.45) is 1.73. The summed E-state index contributed by atoms with van der Waals surface area (Å²) in [5, 5.41) is 5.82. The molecule has 190 valence electrons. The van der Waals surface area contributed by atoms with Crippen LogP contribution in [0.3, 0.4) is 0 Å². The van der Waals surface area contributed by atoms with Gasteiger partial charge < -0.3 is 20.3 Å². The first-order chi connectivity index (χ1) is 15.7. The Kier molecular flexibility index (Phi) is 9.15. The molecule has 2 N–H and O–H groups in total. The van der Waals surface area contributed by atoms with Crippen molar-refractivity contribution in [2.45, 2.75) is 111 Å². The molecule has 3 unspecified atom stereocenters. The maximum Gasteiger partial charge on any atom is 0.408 e. The van der Waals surface area contributed by atoms with Crippen molar-refractivity contribution in [3.8, 4) is 0 Å². The lowest BCUT2D eigenvalue weighted by atomic mass is 9.93. The first kappa shape index (κ1) is 27.7. The van der Waals surface area contributed by atoms with Gasteiger partial charge >= 0.3 is 6.09 Å². The van der Waals surface area contributed by atoms with Crippen LogP contribution in [0.5, 0.6) is 0 Å². The average molecular weight is 474 g/mol. The van der Waals surface area contributed by atoms with Gasteiger partial charge in [-0.1, -0.05) is 44.0 Å². The molecule has 3 atom stereocenters. The van der Waals surface area contributed by atoms with E-state index in [9.17, 15) is 14.4 Å². The lowest BCUT2D eigenvalue weighted by Gasteiger charge is -2.37. The third-order valence-electron chi connectivity index (χ3n) is 6.02. The van der Waals surface area contributed by atoms with E-state index in [1.54, 1.807) is 25.7 Å². The molecule has 0 radical (unpaired) electrons. The van der Waals surface area contributed by atoms with Crippen molar-refractivity contribution >= 4 is 17.9 Å². The second kappa shape index (κ2) is 11.2. The van der Waals surface area contributed by atoms with Gasteiger partial charge in [0.15, 0.2) is 0 Å². The number of nitrogens with one attached hydrogen (secondary N) is 2. The van der Waals surface area contributed by atoms with Crippen LogP contribution in [0.15, 0.2) is 18.2 Å². The molecule has 34 heavy (non-hydrogen) atoms. The van der Waals surface area contributed by atoms with Crippen molar-refractivity contribution in [2.75, 3.05) is 0 Å². The standard InChI is InChI=1S/C27H43N3O4/c1-10-18(5)22(29-26(33)34-27(7,8)9)25(32)30(20-12-13-20)23(24(31)28-16(2)3)21-14-11-17(4)15-19(21)6/h11,14-16,18,20,22-23H,10,12-13H2,1-9H3,(H,28,31)(H,29,33). The Hall–Kier alpha value is -2.57. The van der Waals surface area contributed by atoms with E-state index in [0.29, 0.717) is 6.42 Å². The van der Waals surface area contributed by atoms with Crippen LogP contribution in [0.25, 0.3) is 0 Å². The normalized spacial score (nSPS) is 16.4. The smallest absolute Gasteiger partial charge is 0.408 e. The zero-order valence-corrected chi connectivity index (χ0v) is 22.3. The molecule has 7 nitrogen and oxygen atoms in total. The molecule has 1 saturated carbocycles. The van der Waals surface area contributed by atoms with Crippen molar-refractivity contribution in [1.29, 1.82) is 0 Å². The summed E-state index contributed by atoms with van der Waals surface area (Å²) < 4.78 is 5.45. The lowest BCUT2D eigenvalue weighted by Crippen LogP contribution is -2.56. The Labute approximate surface area is 205 Å². The third-order valence-corrected chi connectivity index (χ3v) is 6.02. The van der Waals surface area contributed by atoms with Gasteiger partial charge in [-0.3, -0.25) is 9.59 Å². The summed E-state index contributed by atoms with van der Waals surface area (Å²) in [7, 11) is 0. The molecule has 0 spiro atoms. The maximum absolute atomic E-state index is 14.1. The summed E-state index contributed by atoms with van der Waals surface area (Å²) in [6.45, 7) is 17.1. The van der Waals surface area contributed by atoms with E-state index in [4.69, 9.17) is 4.74 Å². The van der Waals surface area contributed by atoms with Gasteiger partial charge in [-0.2, -0.15) is 0 Å². The van der Waals surface area contributed by atoms with Gasteiger partial charge in [0, 0.05) is 12.1 Å². The number of benzene rings is 1. The molecule has 1 aromatic carbocycles. The van der Waals surface area contributed by atoms with Crippen LogP contribution in [0.4, 0.5) is 4.79 Å². The molecule has 3 amide bonds. The third kappa shape index (κ3) is 7.47. The van der Waals surface area contributed by atoms with Crippen molar-refractivity contribution in [3.05, 3.63) is 34.9 Å². The molecule has 0 heterocycles. The molecule has 1 aromatic rings. The van der Waals surface area contributed by atoms with Crippen LogP contribution in [-0.4, -0.2) is 46.5 Å². The quantitative estimate of drug-likeness (QED) is 0.539. The average Bonchev–Trinajstić information content (AvgIpc) is 3.53. The number of nitrogens with zero attached hydrogens (tertiary/aromatic N) is 1. The monoisotopic (exact) mass is 473 g/mol. The van der Waals surface area contributed by atoms with Crippen LogP contribution >= 0.6 is 0 Å². The second-order valence-corrected chi connectivity index (χ2v) is 10.9. The highest BCUT2D eigenvalue weighted by molar-refractivity contribution is 5.93. The molecule has 0 saturated heterocycles. The number of carbonyl (C=O) groups is 3. The SMILES string of the molecule is CCC(C)C(NC(=O)OC(C)(C)C)C(=O)N(C1CC1)C(C(=O)NC(C)C)c1ccc(C)cc1C. The van der Waals surface area contributed by atoms with Gasteiger partial charge in [0.2, 0.25) is 11.8 Å². The Morgan fingerprint density at radius 1 is 1.09 bits per heavy atom. The van der Waals surface area contributed by atoms with E-state index in [2.05, 4.69) is 10.6 Å². The van der Waals surface area contributed by atoms with Crippen LogP contribution < -0.4 is 10.6 Å². The molecular weight excluding hydrogens is 430 g/mol. The van der Waals surface area contributed by atoms with Crippen LogP contribution in [0.1, 0.15) is 90.5 Å². The molecule has 1 aliphatic rings. The lowest BCUT2D eigenvalue weighted by molar-refractivity contribution is -0.144. The molecule has 1 fully saturated rings. The second-order valence-electron chi connectivity index (χ2n) is 10.9. The van der Waals surface area contributed by atoms with Crippen molar-refractivity contribution < 1.29 is 19.1 Å². The summed E-state index contributed by atoms with van der Waals surface area (Å²) >= 11 is 0. The van der Waals surface area contributed by atoms with Gasteiger partial charge in [0.1, 0.15) is 17.7 Å². The highest BCUT2D eigenvalue weighted by Gasteiger charge is 2.45. The number of carbonyl (C=O) groups excluding carboxylic acids is 3. The fourth-order valence-electron chi connectivity index (χ4n) is 4.06. The Morgan fingerprint density at radius 3 is 2.18 bits per heavy atom. The molecule has 1 aliphatic carbocycles. The van der Waals surface area contributed by atoms with Crippen molar-refractivity contribution in [3.63, 3.8) is 0 Å². The number of hydrogen-bond acceptors (Lipinski definition) is 4. The summed E-state index contributed by atoms with van der Waals surface area (Å²) in [5.41, 5.74) is 2.19. The van der Waals surface area contributed by atoms with Gasteiger partial charge in [0.25, 0.3) is 0 Å². The van der Waals surface area contributed by atoms with Gasteiger partial charge in [0.05, 0.1) is 0 Å². The predicted molar refractivity (Wildman–Crippen MR) is 134 cm³/mol. The molecule has 0 bridgehead atoms. The fraction of sp³-hybridized carbons (Fsp3) is 0.667. The summed E-state index contributed by atoms with van der Waals surface area (Å²) in [5.74, 6) is -0.580. The fourth-order valence-corrected chi connectivity index (χ4v) is 4.06. The number of amides is 3. The Bertz CT molecular complexity index is 886. The maximum atomic E-state index is 14.1. The Morgan fingerprint density at radius 2 is 1.71 bits per heavy atom. The number of alkyl carbamates (subject to hydrolysis) is 1. The van der Waals surface area contributed by atoms with E-state index in [0.717, 1.165) is 29.5 Å². The van der Waals surface area contributed by atoms with Crippen LogP contribution in [0, 0.1) is 19.8 Å². The molecule has 2 rings (SSSR count). The first-order valence-corrected chi connectivity index (χ1v) is 12.4. The van der Waals surface area contributed by atoms with Crippen LogP contribution in [-0.2, 0) is 14.3 Å². The zero-order chi connectivity index (χ0) is 25.8.